The van der Waals surface area contributed by atoms with Crippen LogP contribution in [0.3, 0.4) is 0 Å². The molecule has 0 aliphatic carbocycles. The van der Waals surface area contributed by atoms with Gasteiger partial charge in [0.25, 0.3) is 5.91 Å². The zero-order valence-corrected chi connectivity index (χ0v) is 20.4. The predicted molar refractivity (Wildman–Crippen MR) is 133 cm³/mol. The zero-order chi connectivity index (χ0) is 24.1. The standard InChI is InChI=1S/C25H24ClN3O4S/c1-3-32-24(31)22-16(2)28-25-29(11-12-34-25)23(22)19-13-18(26)9-10-20(19)33-15-21(30)27-14-17-7-5-4-6-8-17/h4-13,23H,3,14-15H2,1-2H3,(H,27,30)/t23-/m1/s1. The number of thioether (sulfide) groups is 1. The van der Waals surface area contributed by atoms with Crippen LogP contribution >= 0.6 is 23.4 Å². The van der Waals surface area contributed by atoms with E-state index in [4.69, 9.17) is 21.1 Å². The number of nitrogens with zero attached hydrogens (tertiary/aromatic N) is 2. The van der Waals surface area contributed by atoms with Crippen LogP contribution in [0.2, 0.25) is 5.02 Å². The third-order valence-corrected chi connectivity index (χ3v) is 6.28. The first-order valence-corrected chi connectivity index (χ1v) is 12.0. The van der Waals surface area contributed by atoms with Gasteiger partial charge in [-0.05, 0) is 43.0 Å². The Labute approximate surface area is 207 Å². The van der Waals surface area contributed by atoms with Crippen molar-refractivity contribution in [1.82, 2.24) is 10.2 Å². The molecule has 2 aliphatic rings. The van der Waals surface area contributed by atoms with Crippen LogP contribution in [-0.4, -0.2) is 35.2 Å². The number of carbonyl (C=O) groups is 2. The molecule has 0 radical (unpaired) electrons. The summed E-state index contributed by atoms with van der Waals surface area (Å²) in [4.78, 5) is 31.8. The van der Waals surface area contributed by atoms with Gasteiger partial charge < -0.3 is 19.7 Å². The van der Waals surface area contributed by atoms with Gasteiger partial charge in [0.05, 0.1) is 23.9 Å². The summed E-state index contributed by atoms with van der Waals surface area (Å²) in [5, 5.41) is 5.97. The Kier molecular flexibility index (Phi) is 7.59. The Bertz CT molecular complexity index is 1180. The molecule has 7 nitrogen and oxygen atoms in total. The number of carbonyl (C=O) groups excluding carboxylic acids is 2. The van der Waals surface area contributed by atoms with Crippen molar-refractivity contribution < 1.29 is 19.1 Å². The van der Waals surface area contributed by atoms with Crippen molar-refractivity contribution in [3.05, 3.63) is 87.6 Å². The lowest BCUT2D eigenvalue weighted by atomic mass is 9.94. The molecule has 2 aromatic carbocycles. The highest BCUT2D eigenvalue weighted by molar-refractivity contribution is 8.16. The molecule has 34 heavy (non-hydrogen) atoms. The van der Waals surface area contributed by atoms with Crippen LogP contribution in [0.15, 0.2) is 76.4 Å². The third-order valence-electron chi connectivity index (χ3n) is 5.27. The van der Waals surface area contributed by atoms with Gasteiger partial charge in [0.15, 0.2) is 11.8 Å². The number of ether oxygens (including phenoxy) is 2. The summed E-state index contributed by atoms with van der Waals surface area (Å²) in [6.45, 7) is 4.00. The number of fused-ring (bicyclic) bond motifs is 1. The maximum atomic E-state index is 12.9. The molecule has 4 rings (SSSR count). The number of halogens is 1. The lowest BCUT2D eigenvalue weighted by Gasteiger charge is -2.34. The minimum absolute atomic E-state index is 0.183. The molecule has 9 heteroatoms. The molecule has 1 N–H and O–H groups in total. The predicted octanol–water partition coefficient (Wildman–Crippen LogP) is 4.80. The van der Waals surface area contributed by atoms with E-state index in [1.807, 2.05) is 46.8 Å². The van der Waals surface area contributed by atoms with E-state index in [1.165, 1.54) is 11.8 Å². The molecule has 2 aromatic rings. The molecule has 0 saturated heterocycles. The molecule has 0 spiro atoms. The fourth-order valence-corrected chi connectivity index (χ4v) is 4.70. The van der Waals surface area contributed by atoms with Crippen LogP contribution < -0.4 is 10.1 Å². The van der Waals surface area contributed by atoms with Gasteiger partial charge in [0, 0.05) is 23.3 Å². The SMILES string of the molecule is CCOC(=O)C1=C(C)N=C2SC=CN2[C@@H]1c1cc(Cl)ccc1OCC(=O)NCc1ccccc1. The number of nitrogens with one attached hydrogen (secondary N) is 1. The van der Waals surface area contributed by atoms with Crippen molar-refractivity contribution in [2.45, 2.75) is 26.4 Å². The van der Waals surface area contributed by atoms with Crippen molar-refractivity contribution in [2.24, 2.45) is 4.99 Å². The van der Waals surface area contributed by atoms with E-state index in [1.54, 1.807) is 32.0 Å². The number of hydrogen-bond donors (Lipinski definition) is 1. The summed E-state index contributed by atoms with van der Waals surface area (Å²) < 4.78 is 11.3. The van der Waals surface area contributed by atoms with Gasteiger partial charge in [0.2, 0.25) is 0 Å². The average Bonchev–Trinajstić information content (AvgIpc) is 3.30. The molecule has 0 fully saturated rings. The number of amidine groups is 1. The van der Waals surface area contributed by atoms with Crippen LogP contribution in [0.25, 0.3) is 0 Å². The first kappa shape index (κ1) is 23.9. The lowest BCUT2D eigenvalue weighted by Crippen LogP contribution is -2.34. The van der Waals surface area contributed by atoms with E-state index in [9.17, 15) is 9.59 Å². The quantitative estimate of drug-likeness (QED) is 0.527. The van der Waals surface area contributed by atoms with E-state index < -0.39 is 12.0 Å². The molecule has 0 unspecified atom stereocenters. The largest absolute Gasteiger partial charge is 0.483 e. The molecular formula is C25H24ClN3O4S. The van der Waals surface area contributed by atoms with Crippen molar-refractivity contribution >= 4 is 40.4 Å². The summed E-state index contributed by atoms with van der Waals surface area (Å²) >= 11 is 7.80. The van der Waals surface area contributed by atoms with Gasteiger partial charge in [-0.1, -0.05) is 53.7 Å². The number of esters is 1. The van der Waals surface area contributed by atoms with E-state index in [0.29, 0.717) is 34.2 Å². The molecule has 0 aromatic heterocycles. The fourth-order valence-electron chi connectivity index (χ4n) is 3.73. The highest BCUT2D eigenvalue weighted by Gasteiger charge is 2.39. The van der Waals surface area contributed by atoms with Gasteiger partial charge >= 0.3 is 5.97 Å². The Hall–Kier alpha value is -3.23. The highest BCUT2D eigenvalue weighted by atomic mass is 35.5. The maximum Gasteiger partial charge on any atom is 0.338 e. The second-order valence-corrected chi connectivity index (χ2v) is 8.87. The number of allylic oxidation sites excluding steroid dienone is 1. The molecule has 1 atom stereocenters. The van der Waals surface area contributed by atoms with E-state index in [2.05, 4.69) is 10.3 Å². The highest BCUT2D eigenvalue weighted by Crippen LogP contribution is 2.44. The smallest absolute Gasteiger partial charge is 0.338 e. The van der Waals surface area contributed by atoms with Crippen molar-refractivity contribution in [2.75, 3.05) is 13.2 Å². The van der Waals surface area contributed by atoms with Crippen LogP contribution in [0, 0.1) is 0 Å². The van der Waals surface area contributed by atoms with Gasteiger partial charge in [-0.3, -0.25) is 4.79 Å². The summed E-state index contributed by atoms with van der Waals surface area (Å²) in [6.07, 6.45) is 1.86. The summed E-state index contributed by atoms with van der Waals surface area (Å²) in [6, 6.07) is 14.2. The molecular weight excluding hydrogens is 474 g/mol. The second kappa shape index (κ2) is 10.8. The Morgan fingerprint density at radius 2 is 2.00 bits per heavy atom. The summed E-state index contributed by atoms with van der Waals surface area (Å²) in [5.74, 6) is -0.264. The number of amides is 1. The Morgan fingerprint density at radius 3 is 2.76 bits per heavy atom. The molecule has 176 valence electrons. The summed E-state index contributed by atoms with van der Waals surface area (Å²) in [7, 11) is 0. The molecule has 0 bridgehead atoms. The molecule has 2 heterocycles. The van der Waals surface area contributed by atoms with Crippen molar-refractivity contribution in [1.29, 1.82) is 0 Å². The van der Waals surface area contributed by atoms with Crippen LogP contribution in [0.1, 0.15) is 31.0 Å². The minimum atomic E-state index is -0.557. The average molecular weight is 498 g/mol. The molecule has 2 aliphatic heterocycles. The number of aliphatic imine (C=N–C) groups is 1. The molecule has 0 saturated carbocycles. The van der Waals surface area contributed by atoms with Crippen LogP contribution in [-0.2, 0) is 20.9 Å². The minimum Gasteiger partial charge on any atom is -0.483 e. The molecule has 1 amide bonds. The number of hydrogen-bond acceptors (Lipinski definition) is 7. The normalized spacial score (nSPS) is 16.7. The van der Waals surface area contributed by atoms with E-state index in [-0.39, 0.29) is 19.1 Å². The number of benzene rings is 2. The number of rotatable bonds is 8. The Balaban J connectivity index is 1.59. The van der Waals surface area contributed by atoms with Crippen molar-refractivity contribution in [3.8, 4) is 5.75 Å². The first-order valence-electron chi connectivity index (χ1n) is 10.8. The Morgan fingerprint density at radius 1 is 1.21 bits per heavy atom. The van der Waals surface area contributed by atoms with Gasteiger partial charge in [0.1, 0.15) is 5.75 Å². The third kappa shape index (κ3) is 5.29. The van der Waals surface area contributed by atoms with Gasteiger partial charge in [-0.15, -0.1) is 0 Å². The lowest BCUT2D eigenvalue weighted by molar-refractivity contribution is -0.139. The van der Waals surface area contributed by atoms with Crippen LogP contribution in [0.4, 0.5) is 0 Å². The van der Waals surface area contributed by atoms with E-state index >= 15 is 0 Å². The zero-order valence-electron chi connectivity index (χ0n) is 18.8. The fraction of sp³-hybridized carbons (Fsp3) is 0.240. The first-order chi connectivity index (χ1) is 16.5. The maximum absolute atomic E-state index is 12.9. The second-order valence-electron chi connectivity index (χ2n) is 7.56. The van der Waals surface area contributed by atoms with E-state index in [0.717, 1.165) is 10.7 Å². The summed E-state index contributed by atoms with van der Waals surface area (Å²) in [5.41, 5.74) is 2.61. The monoisotopic (exact) mass is 497 g/mol. The van der Waals surface area contributed by atoms with Crippen LogP contribution in [0.5, 0.6) is 5.75 Å². The topological polar surface area (TPSA) is 80.2 Å². The van der Waals surface area contributed by atoms with Crippen molar-refractivity contribution in [3.63, 3.8) is 0 Å². The van der Waals surface area contributed by atoms with Gasteiger partial charge in [-0.25, -0.2) is 9.79 Å². The van der Waals surface area contributed by atoms with Gasteiger partial charge in [-0.2, -0.15) is 0 Å².